The van der Waals surface area contributed by atoms with Crippen molar-refractivity contribution < 1.29 is 4.79 Å². The molecule has 28 heavy (non-hydrogen) atoms. The van der Waals surface area contributed by atoms with Crippen molar-refractivity contribution in [2.75, 3.05) is 5.75 Å². The van der Waals surface area contributed by atoms with Crippen LogP contribution in [-0.2, 0) is 17.0 Å². The van der Waals surface area contributed by atoms with Crippen LogP contribution in [0, 0.1) is 6.92 Å². The van der Waals surface area contributed by atoms with Crippen LogP contribution >= 0.6 is 11.8 Å². The molecule has 0 aliphatic rings. The summed E-state index contributed by atoms with van der Waals surface area (Å²) in [5, 5.41) is 3.04. The van der Waals surface area contributed by atoms with Gasteiger partial charge in [-0.25, -0.2) is 4.98 Å². The average molecular weight is 396 g/mol. The Labute approximate surface area is 169 Å². The van der Waals surface area contributed by atoms with Crippen LogP contribution in [-0.4, -0.2) is 27.1 Å². The molecule has 2 heterocycles. The van der Waals surface area contributed by atoms with Crippen LogP contribution in [0.5, 0.6) is 0 Å². The van der Waals surface area contributed by atoms with E-state index >= 15 is 0 Å². The van der Waals surface area contributed by atoms with Crippen molar-refractivity contribution in [2.24, 2.45) is 0 Å². The summed E-state index contributed by atoms with van der Waals surface area (Å²) < 4.78 is 1.55. The van der Waals surface area contributed by atoms with E-state index in [1.54, 1.807) is 16.7 Å². The summed E-state index contributed by atoms with van der Waals surface area (Å²) >= 11 is 1.47. The fourth-order valence-corrected chi connectivity index (χ4v) is 3.72. The number of thioether (sulfide) groups is 1. The van der Waals surface area contributed by atoms with Crippen molar-refractivity contribution in [1.82, 2.24) is 14.7 Å². The molecule has 0 radical (unpaired) electrons. The van der Waals surface area contributed by atoms with Crippen molar-refractivity contribution in [2.45, 2.75) is 38.5 Å². The van der Waals surface area contributed by atoms with Crippen molar-refractivity contribution in [3.63, 3.8) is 0 Å². The molecule has 1 N–H and O–H groups in total. The molecule has 1 atom stereocenters. The molecule has 0 aliphatic carbocycles. The predicted molar refractivity (Wildman–Crippen MR) is 115 cm³/mol. The minimum atomic E-state index is -0.0942. The van der Waals surface area contributed by atoms with E-state index in [9.17, 15) is 9.59 Å². The Hall–Kier alpha value is -2.60. The van der Waals surface area contributed by atoms with Gasteiger partial charge in [0.15, 0.2) is 0 Å². The molecule has 0 saturated carbocycles. The molecule has 1 amide bonds. The summed E-state index contributed by atoms with van der Waals surface area (Å²) in [5.41, 5.74) is 3.53. The number of amides is 1. The second-order valence-corrected chi connectivity index (χ2v) is 7.99. The second kappa shape index (κ2) is 9.55. The number of carbonyl (C=O) groups excluding carboxylic acids is 1. The number of aromatic nitrogens is 2. The minimum Gasteiger partial charge on any atom is -0.353 e. The van der Waals surface area contributed by atoms with Gasteiger partial charge in [-0.05, 0) is 43.9 Å². The number of hydrogen-bond donors (Lipinski definition) is 1. The molecule has 146 valence electrons. The van der Waals surface area contributed by atoms with E-state index in [-0.39, 0.29) is 17.5 Å². The van der Waals surface area contributed by atoms with Gasteiger partial charge in [0.25, 0.3) is 5.56 Å². The lowest BCUT2D eigenvalue weighted by Gasteiger charge is -2.13. The average Bonchev–Trinajstić information content (AvgIpc) is 2.68. The van der Waals surface area contributed by atoms with Gasteiger partial charge in [-0.2, -0.15) is 0 Å². The Kier molecular flexibility index (Phi) is 6.87. The maximum atomic E-state index is 12.2. The Morgan fingerprint density at radius 3 is 2.79 bits per heavy atom. The topological polar surface area (TPSA) is 63.5 Å². The third kappa shape index (κ3) is 5.70. The normalized spacial score (nSPS) is 12.1. The number of rotatable bonds is 8. The zero-order valence-electron chi connectivity index (χ0n) is 16.2. The zero-order valence-corrected chi connectivity index (χ0v) is 17.0. The first kappa shape index (κ1) is 20.1. The predicted octanol–water partition coefficient (Wildman–Crippen LogP) is 3.37. The fourth-order valence-electron chi connectivity index (χ4n) is 3.00. The van der Waals surface area contributed by atoms with E-state index in [4.69, 9.17) is 0 Å². The number of nitrogens with one attached hydrogen (secondary N) is 1. The summed E-state index contributed by atoms with van der Waals surface area (Å²) in [5.74, 6) is 0.898. The van der Waals surface area contributed by atoms with Gasteiger partial charge in [-0.15, -0.1) is 11.8 Å². The van der Waals surface area contributed by atoms with Gasteiger partial charge >= 0.3 is 0 Å². The Morgan fingerprint density at radius 2 is 2.00 bits per heavy atom. The summed E-state index contributed by atoms with van der Waals surface area (Å²) in [7, 11) is 0. The van der Waals surface area contributed by atoms with Crippen LogP contribution < -0.4 is 10.9 Å². The molecule has 6 heteroatoms. The van der Waals surface area contributed by atoms with Crippen molar-refractivity contribution in [1.29, 1.82) is 0 Å². The summed E-state index contributed by atoms with van der Waals surface area (Å²) in [6.07, 6.45) is 3.63. The van der Waals surface area contributed by atoms with Gasteiger partial charge in [-0.1, -0.05) is 36.4 Å². The molecule has 3 aromatic rings. The van der Waals surface area contributed by atoms with Crippen molar-refractivity contribution in [3.8, 4) is 0 Å². The third-order valence-corrected chi connectivity index (χ3v) is 5.43. The Bertz CT molecular complexity index is 1000. The van der Waals surface area contributed by atoms with Crippen LogP contribution in [0.3, 0.4) is 0 Å². The van der Waals surface area contributed by atoms with E-state index in [2.05, 4.69) is 22.4 Å². The standard InChI is InChI=1S/C22H25N3O2S/c1-16-8-11-20-24-19(12-22(27)25(20)13-16)14-28-15-21(26)23-17(2)9-10-18-6-4-3-5-7-18/h3-8,11-13,17H,9-10,14-15H2,1-2H3,(H,23,26)/t17-/m1/s1. The molecule has 0 aliphatic heterocycles. The van der Waals surface area contributed by atoms with Gasteiger partial charge in [0.05, 0.1) is 11.4 Å². The number of hydrogen-bond acceptors (Lipinski definition) is 4. The van der Waals surface area contributed by atoms with E-state index in [0.717, 1.165) is 18.4 Å². The molecule has 3 rings (SSSR count). The maximum Gasteiger partial charge on any atom is 0.258 e. The third-order valence-electron chi connectivity index (χ3n) is 4.46. The highest BCUT2D eigenvalue weighted by molar-refractivity contribution is 7.99. The van der Waals surface area contributed by atoms with Gasteiger partial charge in [-0.3, -0.25) is 14.0 Å². The minimum absolute atomic E-state index is 0.0127. The number of fused-ring (bicyclic) bond motifs is 1. The molecule has 1 aromatic carbocycles. The molecule has 0 unspecified atom stereocenters. The molecule has 0 fully saturated rings. The van der Waals surface area contributed by atoms with Crippen LogP contribution in [0.25, 0.3) is 5.65 Å². The monoisotopic (exact) mass is 395 g/mol. The van der Waals surface area contributed by atoms with Gasteiger partial charge in [0.2, 0.25) is 5.91 Å². The van der Waals surface area contributed by atoms with E-state index in [1.807, 2.05) is 44.2 Å². The summed E-state index contributed by atoms with van der Waals surface area (Å²) in [6, 6.07) is 15.7. The number of pyridine rings is 1. The lowest BCUT2D eigenvalue weighted by Crippen LogP contribution is -2.34. The van der Waals surface area contributed by atoms with Crippen molar-refractivity contribution in [3.05, 3.63) is 81.9 Å². The molecule has 0 saturated heterocycles. The van der Waals surface area contributed by atoms with E-state index in [0.29, 0.717) is 22.8 Å². The van der Waals surface area contributed by atoms with E-state index in [1.165, 1.54) is 17.3 Å². The van der Waals surface area contributed by atoms with Crippen molar-refractivity contribution >= 4 is 23.3 Å². The second-order valence-electron chi connectivity index (χ2n) is 7.01. The highest BCUT2D eigenvalue weighted by atomic mass is 32.2. The van der Waals surface area contributed by atoms with E-state index < -0.39 is 0 Å². The van der Waals surface area contributed by atoms with Crippen LogP contribution in [0.1, 0.15) is 30.2 Å². The molecule has 0 bridgehead atoms. The lowest BCUT2D eigenvalue weighted by atomic mass is 10.1. The number of aryl methyl sites for hydroxylation is 2. The zero-order chi connectivity index (χ0) is 19.9. The summed E-state index contributed by atoms with van der Waals surface area (Å²) in [4.78, 5) is 28.9. The number of nitrogens with zero attached hydrogens (tertiary/aromatic N) is 2. The number of carbonyl (C=O) groups is 1. The Balaban J connectivity index is 1.45. The lowest BCUT2D eigenvalue weighted by molar-refractivity contribution is -0.119. The Morgan fingerprint density at radius 1 is 1.21 bits per heavy atom. The highest BCUT2D eigenvalue weighted by Crippen LogP contribution is 2.11. The first-order chi connectivity index (χ1) is 13.5. The first-order valence-electron chi connectivity index (χ1n) is 9.41. The highest BCUT2D eigenvalue weighted by Gasteiger charge is 2.09. The first-order valence-corrected chi connectivity index (χ1v) is 10.6. The quantitative estimate of drug-likeness (QED) is 0.635. The molecule has 5 nitrogen and oxygen atoms in total. The molecule has 0 spiro atoms. The molecular formula is C22H25N3O2S. The van der Waals surface area contributed by atoms with Crippen LogP contribution in [0.4, 0.5) is 0 Å². The number of benzene rings is 1. The van der Waals surface area contributed by atoms with Gasteiger partial charge in [0, 0.05) is 24.1 Å². The van der Waals surface area contributed by atoms with Gasteiger partial charge in [0.1, 0.15) is 5.65 Å². The van der Waals surface area contributed by atoms with Crippen LogP contribution in [0.2, 0.25) is 0 Å². The smallest absolute Gasteiger partial charge is 0.258 e. The molecule has 2 aromatic heterocycles. The largest absolute Gasteiger partial charge is 0.353 e. The maximum absolute atomic E-state index is 12.2. The molecular weight excluding hydrogens is 370 g/mol. The van der Waals surface area contributed by atoms with Gasteiger partial charge < -0.3 is 5.32 Å². The van der Waals surface area contributed by atoms with Crippen LogP contribution in [0.15, 0.2) is 59.5 Å². The SMILES string of the molecule is Cc1ccc2nc(CSCC(=O)N[C@H](C)CCc3ccccc3)cc(=O)n2c1. The fraction of sp³-hybridized carbons (Fsp3) is 0.318. The summed E-state index contributed by atoms with van der Waals surface area (Å²) in [6.45, 7) is 3.97.